The average Bonchev–Trinajstić information content (AvgIpc) is 2.87. The number of rotatable bonds is 8. The highest BCUT2D eigenvalue weighted by molar-refractivity contribution is 7.99. The van der Waals surface area contributed by atoms with Crippen molar-refractivity contribution < 1.29 is 9.53 Å². The minimum atomic E-state index is -0.276. The zero-order valence-electron chi connectivity index (χ0n) is 12.2. The molecule has 0 unspecified atom stereocenters. The first-order valence-corrected chi connectivity index (χ1v) is 7.81. The molecule has 0 atom stereocenters. The van der Waals surface area contributed by atoms with Gasteiger partial charge in [0, 0.05) is 25.9 Å². The smallest absolute Gasteiger partial charge is 0.343 e. The molecule has 0 bridgehead atoms. The molecule has 1 aromatic heterocycles. The summed E-state index contributed by atoms with van der Waals surface area (Å²) in [5.74, 6) is 0.0406. The molecule has 1 heterocycles. The third kappa shape index (κ3) is 4.74. The van der Waals surface area contributed by atoms with Gasteiger partial charge in [-0.1, -0.05) is 30.0 Å². The molecule has 118 valence electrons. The van der Waals surface area contributed by atoms with Crippen LogP contribution in [-0.4, -0.2) is 40.1 Å². The molecular weight excluding hydrogens is 304 g/mol. The van der Waals surface area contributed by atoms with Crippen LogP contribution in [-0.2, 0) is 16.1 Å². The summed E-state index contributed by atoms with van der Waals surface area (Å²) in [4.78, 5) is 23.5. The molecule has 2 aromatic rings. The molecule has 2 N–H and O–H groups in total. The zero-order valence-corrected chi connectivity index (χ0v) is 13.1. The number of aromatic amines is 1. The Morgan fingerprint density at radius 1 is 1.41 bits per heavy atom. The molecule has 22 heavy (non-hydrogen) atoms. The predicted molar refractivity (Wildman–Crippen MR) is 85.1 cm³/mol. The van der Waals surface area contributed by atoms with E-state index in [1.54, 1.807) is 7.11 Å². The lowest BCUT2D eigenvalue weighted by Gasteiger charge is -2.06. The van der Waals surface area contributed by atoms with E-state index in [0.717, 1.165) is 5.69 Å². The van der Waals surface area contributed by atoms with E-state index in [0.29, 0.717) is 24.7 Å². The van der Waals surface area contributed by atoms with Crippen molar-refractivity contribution in [2.75, 3.05) is 24.8 Å². The molecule has 2 rings (SSSR count). The molecule has 8 heteroatoms. The van der Waals surface area contributed by atoms with Crippen LogP contribution >= 0.6 is 11.8 Å². The predicted octanol–water partition coefficient (Wildman–Crippen LogP) is 1.34. The van der Waals surface area contributed by atoms with Crippen molar-refractivity contribution >= 4 is 23.4 Å². The van der Waals surface area contributed by atoms with Crippen LogP contribution in [0, 0.1) is 0 Å². The third-order valence-electron chi connectivity index (χ3n) is 2.84. The van der Waals surface area contributed by atoms with Gasteiger partial charge >= 0.3 is 5.69 Å². The molecule has 0 saturated heterocycles. The molecule has 1 amide bonds. The Bertz CT molecular complexity index is 654. The van der Waals surface area contributed by atoms with Gasteiger partial charge in [0.15, 0.2) is 5.16 Å². The summed E-state index contributed by atoms with van der Waals surface area (Å²) in [5, 5.41) is 9.63. The van der Waals surface area contributed by atoms with E-state index < -0.39 is 0 Å². The molecule has 0 radical (unpaired) electrons. The Kier molecular flexibility index (Phi) is 6.23. The first-order chi connectivity index (χ1) is 10.7. The van der Waals surface area contributed by atoms with Gasteiger partial charge in [0.25, 0.3) is 0 Å². The number of hydrogen-bond acceptors (Lipinski definition) is 5. The third-order valence-corrected chi connectivity index (χ3v) is 3.82. The van der Waals surface area contributed by atoms with Crippen molar-refractivity contribution in [3.05, 3.63) is 40.8 Å². The van der Waals surface area contributed by atoms with Crippen molar-refractivity contribution in [3.63, 3.8) is 0 Å². The van der Waals surface area contributed by atoms with E-state index in [2.05, 4.69) is 15.5 Å². The van der Waals surface area contributed by atoms with Crippen molar-refractivity contribution in [1.29, 1.82) is 0 Å². The Balaban J connectivity index is 1.88. The van der Waals surface area contributed by atoms with Crippen LogP contribution < -0.4 is 11.0 Å². The van der Waals surface area contributed by atoms with Gasteiger partial charge in [-0.2, -0.15) is 0 Å². The summed E-state index contributed by atoms with van der Waals surface area (Å²) in [5.41, 5.74) is 0.467. The van der Waals surface area contributed by atoms with Crippen LogP contribution in [0.25, 0.3) is 0 Å². The number of H-pyrrole nitrogens is 1. The van der Waals surface area contributed by atoms with Gasteiger partial charge in [-0.3, -0.25) is 9.36 Å². The summed E-state index contributed by atoms with van der Waals surface area (Å²) in [6, 6.07) is 9.22. The maximum absolute atomic E-state index is 11.9. The van der Waals surface area contributed by atoms with Gasteiger partial charge in [-0.15, -0.1) is 5.10 Å². The van der Waals surface area contributed by atoms with Crippen molar-refractivity contribution in [1.82, 2.24) is 14.8 Å². The Labute approximate surface area is 132 Å². The number of para-hydroxylation sites is 1. The lowest BCUT2D eigenvalue weighted by molar-refractivity contribution is -0.113. The highest BCUT2D eigenvalue weighted by Crippen LogP contribution is 2.14. The summed E-state index contributed by atoms with van der Waals surface area (Å²) in [6.45, 7) is 1.07. The Morgan fingerprint density at radius 2 is 2.18 bits per heavy atom. The number of carbonyl (C=O) groups excluding carboxylic acids is 1. The lowest BCUT2D eigenvalue weighted by Crippen LogP contribution is -2.19. The molecule has 0 aliphatic carbocycles. The summed E-state index contributed by atoms with van der Waals surface area (Å²) in [7, 11) is 1.61. The van der Waals surface area contributed by atoms with Crippen LogP contribution in [0.4, 0.5) is 5.69 Å². The number of amides is 1. The van der Waals surface area contributed by atoms with Crippen LogP contribution in [0.3, 0.4) is 0 Å². The summed E-state index contributed by atoms with van der Waals surface area (Å²) in [6.07, 6.45) is 0.708. The van der Waals surface area contributed by atoms with Gasteiger partial charge in [-0.05, 0) is 18.6 Å². The summed E-state index contributed by atoms with van der Waals surface area (Å²) < 4.78 is 6.48. The minimum absolute atomic E-state index is 0.143. The Hall–Kier alpha value is -2.06. The monoisotopic (exact) mass is 322 g/mol. The molecule has 0 aliphatic heterocycles. The van der Waals surface area contributed by atoms with Gasteiger partial charge in [0.1, 0.15) is 0 Å². The molecular formula is C14H18N4O3S. The fourth-order valence-electron chi connectivity index (χ4n) is 1.83. The van der Waals surface area contributed by atoms with Gasteiger partial charge in [0.05, 0.1) is 5.75 Å². The molecule has 1 aromatic carbocycles. The largest absolute Gasteiger partial charge is 0.385 e. The molecule has 0 aliphatic rings. The fraction of sp³-hybridized carbons (Fsp3) is 0.357. The SMILES string of the molecule is COCCCn1c(SCC(=O)Nc2ccccc2)n[nH]c1=O. The van der Waals surface area contributed by atoms with Crippen LogP contribution in [0.1, 0.15) is 6.42 Å². The number of anilines is 1. The first kappa shape index (κ1) is 16.3. The van der Waals surface area contributed by atoms with E-state index in [-0.39, 0.29) is 17.3 Å². The molecule has 7 nitrogen and oxygen atoms in total. The standard InChI is InChI=1S/C14H18N4O3S/c1-21-9-5-8-18-13(20)16-17-14(18)22-10-12(19)15-11-6-3-2-4-7-11/h2-4,6-7H,5,8-10H2,1H3,(H,15,19)(H,16,20). The normalized spacial score (nSPS) is 10.6. The highest BCUT2D eigenvalue weighted by Gasteiger charge is 2.11. The second-order valence-electron chi connectivity index (χ2n) is 4.51. The molecule has 0 spiro atoms. The average molecular weight is 322 g/mol. The van der Waals surface area contributed by atoms with Crippen LogP contribution in [0.15, 0.2) is 40.3 Å². The maximum atomic E-state index is 11.9. The maximum Gasteiger partial charge on any atom is 0.343 e. The minimum Gasteiger partial charge on any atom is -0.385 e. The van der Waals surface area contributed by atoms with Crippen molar-refractivity contribution in [2.45, 2.75) is 18.1 Å². The van der Waals surface area contributed by atoms with Gasteiger partial charge in [-0.25, -0.2) is 9.89 Å². The first-order valence-electron chi connectivity index (χ1n) is 6.82. The van der Waals surface area contributed by atoms with E-state index in [1.165, 1.54) is 16.3 Å². The molecule has 0 saturated carbocycles. The van der Waals surface area contributed by atoms with E-state index >= 15 is 0 Å². The van der Waals surface area contributed by atoms with Gasteiger partial charge in [0.2, 0.25) is 5.91 Å². The number of benzene rings is 1. The molecule has 0 fully saturated rings. The van der Waals surface area contributed by atoms with E-state index in [1.807, 2.05) is 30.3 Å². The highest BCUT2D eigenvalue weighted by atomic mass is 32.2. The topological polar surface area (TPSA) is 89.0 Å². The van der Waals surface area contributed by atoms with Crippen molar-refractivity contribution in [3.8, 4) is 0 Å². The summed E-state index contributed by atoms with van der Waals surface area (Å²) >= 11 is 1.22. The number of nitrogens with one attached hydrogen (secondary N) is 2. The zero-order chi connectivity index (χ0) is 15.8. The second-order valence-corrected chi connectivity index (χ2v) is 5.45. The van der Waals surface area contributed by atoms with E-state index in [9.17, 15) is 9.59 Å². The Morgan fingerprint density at radius 3 is 2.91 bits per heavy atom. The number of aromatic nitrogens is 3. The second kappa shape index (κ2) is 8.40. The fourth-order valence-corrected chi connectivity index (χ4v) is 2.60. The number of hydrogen-bond donors (Lipinski definition) is 2. The van der Waals surface area contributed by atoms with Crippen molar-refractivity contribution in [2.24, 2.45) is 0 Å². The van der Waals surface area contributed by atoms with Gasteiger partial charge < -0.3 is 10.1 Å². The van der Waals surface area contributed by atoms with Crippen LogP contribution in [0.5, 0.6) is 0 Å². The van der Waals surface area contributed by atoms with Crippen LogP contribution in [0.2, 0.25) is 0 Å². The van der Waals surface area contributed by atoms with E-state index in [4.69, 9.17) is 4.74 Å². The lowest BCUT2D eigenvalue weighted by atomic mass is 10.3. The number of carbonyl (C=O) groups is 1. The quantitative estimate of drug-likeness (QED) is 0.565. The number of thioether (sulfide) groups is 1. The number of methoxy groups -OCH3 is 1. The number of ether oxygens (including phenoxy) is 1. The number of nitrogens with zero attached hydrogens (tertiary/aromatic N) is 2.